The predicted molar refractivity (Wildman–Crippen MR) is 79.4 cm³/mol. The van der Waals surface area contributed by atoms with Crippen LogP contribution in [-0.2, 0) is 10.9 Å². The van der Waals surface area contributed by atoms with Crippen LogP contribution in [0.4, 0.5) is 18.0 Å². The second-order valence-electron chi connectivity index (χ2n) is 5.70. The summed E-state index contributed by atoms with van der Waals surface area (Å²) in [5.74, 6) is 0. The molecule has 23 heavy (non-hydrogen) atoms. The first-order valence-electron chi connectivity index (χ1n) is 6.77. The molecule has 1 aromatic carbocycles. The fourth-order valence-corrected chi connectivity index (χ4v) is 1.62. The van der Waals surface area contributed by atoms with E-state index in [-0.39, 0.29) is 12.1 Å². The van der Waals surface area contributed by atoms with Crippen molar-refractivity contribution in [3.63, 3.8) is 0 Å². The molecule has 0 spiro atoms. The lowest BCUT2D eigenvalue weighted by atomic mass is 10.0. The predicted octanol–water partition coefficient (Wildman–Crippen LogP) is 4.11. The topological polar surface area (TPSA) is 62.1 Å². The van der Waals surface area contributed by atoms with Gasteiger partial charge in [-0.15, -0.1) is 0 Å². The SMILES string of the molecule is CC(C)(C)OC(=O)NCC=Cc1ccc(C(F)(F)F)cc1C#N. The molecule has 0 aliphatic heterocycles. The van der Waals surface area contributed by atoms with E-state index in [1.807, 2.05) is 0 Å². The number of nitrogens with one attached hydrogen (secondary N) is 1. The first-order valence-corrected chi connectivity index (χ1v) is 6.77. The van der Waals surface area contributed by atoms with Crippen LogP contribution in [0.3, 0.4) is 0 Å². The highest BCUT2D eigenvalue weighted by Crippen LogP contribution is 2.30. The minimum absolute atomic E-state index is 0.0895. The Morgan fingerprint density at radius 1 is 1.35 bits per heavy atom. The molecule has 7 heteroatoms. The number of alkyl halides is 3. The Kier molecular flexibility index (Phi) is 5.79. The Balaban J connectivity index is 2.71. The van der Waals surface area contributed by atoms with Crippen LogP contribution in [0.15, 0.2) is 24.3 Å². The number of nitriles is 1. The van der Waals surface area contributed by atoms with E-state index in [0.29, 0.717) is 5.56 Å². The molecule has 0 aliphatic rings. The maximum atomic E-state index is 12.6. The number of ether oxygens (including phenoxy) is 1. The lowest BCUT2D eigenvalue weighted by Gasteiger charge is -2.19. The molecule has 0 fully saturated rings. The quantitative estimate of drug-likeness (QED) is 0.909. The third kappa shape index (κ3) is 6.43. The van der Waals surface area contributed by atoms with E-state index in [2.05, 4.69) is 5.32 Å². The Labute approximate surface area is 132 Å². The summed E-state index contributed by atoms with van der Waals surface area (Å²) in [6, 6.07) is 4.64. The molecule has 0 aliphatic carbocycles. The molecule has 0 radical (unpaired) electrons. The molecule has 1 rings (SSSR count). The second-order valence-corrected chi connectivity index (χ2v) is 5.70. The third-order valence-corrected chi connectivity index (χ3v) is 2.56. The number of hydrogen-bond acceptors (Lipinski definition) is 3. The summed E-state index contributed by atoms with van der Waals surface area (Å²) in [5.41, 5.74) is -1.24. The molecular weight excluding hydrogens is 309 g/mol. The van der Waals surface area contributed by atoms with Gasteiger partial charge in [0, 0.05) is 6.54 Å². The van der Waals surface area contributed by atoms with Crippen molar-refractivity contribution in [3.05, 3.63) is 41.0 Å². The van der Waals surface area contributed by atoms with E-state index in [4.69, 9.17) is 10.00 Å². The molecule has 0 saturated carbocycles. The Hall–Kier alpha value is -2.49. The second kappa shape index (κ2) is 7.18. The zero-order valence-electron chi connectivity index (χ0n) is 13.0. The fraction of sp³-hybridized carbons (Fsp3) is 0.375. The van der Waals surface area contributed by atoms with Crippen molar-refractivity contribution in [1.29, 1.82) is 5.26 Å². The van der Waals surface area contributed by atoms with Crippen LogP contribution >= 0.6 is 0 Å². The first-order chi connectivity index (χ1) is 10.5. The molecule has 0 atom stereocenters. The number of carbonyl (C=O) groups excluding carboxylic acids is 1. The maximum Gasteiger partial charge on any atom is 0.416 e. The lowest BCUT2D eigenvalue weighted by molar-refractivity contribution is -0.137. The summed E-state index contributed by atoms with van der Waals surface area (Å²) in [5, 5.41) is 11.4. The molecule has 1 N–H and O–H groups in total. The van der Waals surface area contributed by atoms with Gasteiger partial charge in [0.25, 0.3) is 0 Å². The van der Waals surface area contributed by atoms with Crippen molar-refractivity contribution in [3.8, 4) is 6.07 Å². The van der Waals surface area contributed by atoms with Crippen LogP contribution < -0.4 is 5.32 Å². The Morgan fingerprint density at radius 2 is 2.00 bits per heavy atom. The molecule has 0 saturated heterocycles. The molecule has 0 aromatic heterocycles. The largest absolute Gasteiger partial charge is 0.444 e. The molecule has 124 valence electrons. The highest BCUT2D eigenvalue weighted by molar-refractivity contribution is 5.68. The molecule has 0 bridgehead atoms. The zero-order chi connectivity index (χ0) is 17.7. The lowest BCUT2D eigenvalue weighted by Crippen LogP contribution is -2.32. The summed E-state index contributed by atoms with van der Waals surface area (Å²) in [6.07, 6.45) is -2.11. The summed E-state index contributed by atoms with van der Waals surface area (Å²) in [4.78, 5) is 11.4. The molecular formula is C16H17F3N2O2. The van der Waals surface area contributed by atoms with Gasteiger partial charge >= 0.3 is 12.3 Å². The fourth-order valence-electron chi connectivity index (χ4n) is 1.62. The van der Waals surface area contributed by atoms with Crippen LogP contribution in [0.5, 0.6) is 0 Å². The normalized spacial score (nSPS) is 12.0. The number of halogens is 3. The van der Waals surface area contributed by atoms with Gasteiger partial charge < -0.3 is 10.1 Å². The monoisotopic (exact) mass is 326 g/mol. The minimum atomic E-state index is -4.49. The van der Waals surface area contributed by atoms with E-state index < -0.39 is 23.4 Å². The third-order valence-electron chi connectivity index (χ3n) is 2.56. The number of rotatable bonds is 3. The average Bonchev–Trinajstić information content (AvgIpc) is 2.40. The van der Waals surface area contributed by atoms with Gasteiger partial charge in [-0.25, -0.2) is 4.79 Å². The van der Waals surface area contributed by atoms with Crippen LogP contribution in [0.2, 0.25) is 0 Å². The number of amides is 1. The summed E-state index contributed by atoms with van der Waals surface area (Å²) >= 11 is 0. The number of nitrogens with zero attached hydrogens (tertiary/aromatic N) is 1. The maximum absolute atomic E-state index is 12.6. The first kappa shape index (κ1) is 18.6. The van der Waals surface area contributed by atoms with Gasteiger partial charge in [0.05, 0.1) is 17.2 Å². The molecule has 1 amide bonds. The van der Waals surface area contributed by atoms with Gasteiger partial charge in [0.1, 0.15) is 5.60 Å². The van der Waals surface area contributed by atoms with Crippen LogP contribution in [0.1, 0.15) is 37.5 Å². The number of carbonyl (C=O) groups is 1. The van der Waals surface area contributed by atoms with Crippen LogP contribution in [-0.4, -0.2) is 18.2 Å². The van der Waals surface area contributed by atoms with Gasteiger partial charge in [-0.2, -0.15) is 18.4 Å². The Bertz CT molecular complexity index is 638. The molecule has 0 unspecified atom stereocenters. The van der Waals surface area contributed by atoms with Gasteiger partial charge in [0.2, 0.25) is 0 Å². The smallest absolute Gasteiger partial charge is 0.416 e. The van der Waals surface area contributed by atoms with Gasteiger partial charge in [0.15, 0.2) is 0 Å². The number of benzene rings is 1. The molecule has 1 aromatic rings. The zero-order valence-corrected chi connectivity index (χ0v) is 13.0. The van der Waals surface area contributed by atoms with Crippen LogP contribution in [0, 0.1) is 11.3 Å². The van der Waals surface area contributed by atoms with Crippen molar-refractivity contribution in [2.45, 2.75) is 32.5 Å². The van der Waals surface area contributed by atoms with E-state index in [1.54, 1.807) is 26.8 Å². The Morgan fingerprint density at radius 3 is 2.52 bits per heavy atom. The number of hydrogen-bond donors (Lipinski definition) is 1. The molecule has 4 nitrogen and oxygen atoms in total. The van der Waals surface area contributed by atoms with Crippen molar-refractivity contribution in [2.75, 3.05) is 6.54 Å². The number of alkyl carbamates (subject to hydrolysis) is 1. The highest BCUT2D eigenvalue weighted by atomic mass is 19.4. The van der Waals surface area contributed by atoms with E-state index in [1.165, 1.54) is 18.2 Å². The molecule has 0 heterocycles. The van der Waals surface area contributed by atoms with Crippen LogP contribution in [0.25, 0.3) is 6.08 Å². The van der Waals surface area contributed by atoms with Crippen molar-refractivity contribution < 1.29 is 22.7 Å². The van der Waals surface area contributed by atoms with E-state index in [0.717, 1.165) is 12.1 Å². The standard InChI is InChI=1S/C16H17F3N2O2/c1-15(2,3)23-14(22)21-8-4-5-11-6-7-13(16(17,18)19)9-12(11)10-20/h4-7,9H,8H2,1-3H3,(H,21,22). The average molecular weight is 326 g/mol. The van der Waals surface area contributed by atoms with E-state index >= 15 is 0 Å². The van der Waals surface area contributed by atoms with Crippen molar-refractivity contribution >= 4 is 12.2 Å². The summed E-state index contributed by atoms with van der Waals surface area (Å²) < 4.78 is 42.8. The highest BCUT2D eigenvalue weighted by Gasteiger charge is 2.30. The van der Waals surface area contributed by atoms with Gasteiger partial charge in [-0.05, 0) is 38.5 Å². The van der Waals surface area contributed by atoms with Gasteiger partial charge in [-0.1, -0.05) is 18.2 Å². The summed E-state index contributed by atoms with van der Waals surface area (Å²) in [6.45, 7) is 5.30. The minimum Gasteiger partial charge on any atom is -0.444 e. The van der Waals surface area contributed by atoms with E-state index in [9.17, 15) is 18.0 Å². The van der Waals surface area contributed by atoms with Gasteiger partial charge in [-0.3, -0.25) is 0 Å². The van der Waals surface area contributed by atoms with Crippen molar-refractivity contribution in [2.24, 2.45) is 0 Å². The van der Waals surface area contributed by atoms with Crippen molar-refractivity contribution in [1.82, 2.24) is 5.32 Å². The summed E-state index contributed by atoms with van der Waals surface area (Å²) in [7, 11) is 0.